The molecule has 0 aliphatic rings. The van der Waals surface area contributed by atoms with Crippen molar-refractivity contribution >= 4 is 46.1 Å². The van der Waals surface area contributed by atoms with Gasteiger partial charge >= 0.3 is 5.69 Å². The molecule has 1 aromatic heterocycles. The molecule has 140 valence electrons. The van der Waals surface area contributed by atoms with Gasteiger partial charge in [0.05, 0.1) is 16.3 Å². The molecule has 0 amide bonds. The lowest BCUT2D eigenvalue weighted by molar-refractivity contribution is 0.291. The van der Waals surface area contributed by atoms with E-state index in [9.17, 15) is 4.79 Å². The molecule has 0 unspecified atom stereocenters. The van der Waals surface area contributed by atoms with Crippen LogP contribution in [-0.2, 0) is 11.9 Å². The fraction of sp³-hybridized carbons (Fsp3) is 0.118. The lowest BCUT2D eigenvalue weighted by Gasteiger charge is -2.16. The Hall–Kier alpha value is -2.32. The SMILES string of the molecule is C/C(=C(\ON)c1c(Cl)cccc1-n1nnn(C)c1=O)c1cc(Cl)cc(Cl)c1. The molecule has 0 spiro atoms. The van der Waals surface area contributed by atoms with E-state index in [0.717, 1.165) is 9.36 Å². The molecule has 27 heavy (non-hydrogen) atoms. The first kappa shape index (κ1) is 19.4. The largest absolute Gasteiger partial charge is 0.410 e. The summed E-state index contributed by atoms with van der Waals surface area (Å²) in [4.78, 5) is 17.5. The fourth-order valence-electron chi connectivity index (χ4n) is 2.62. The molecule has 0 aliphatic heterocycles. The van der Waals surface area contributed by atoms with Crippen molar-refractivity contribution in [3.63, 3.8) is 0 Å². The maximum absolute atomic E-state index is 12.3. The number of nitrogens with zero attached hydrogens (tertiary/aromatic N) is 4. The van der Waals surface area contributed by atoms with E-state index in [0.29, 0.717) is 37.5 Å². The summed E-state index contributed by atoms with van der Waals surface area (Å²) >= 11 is 18.6. The average molecular weight is 427 g/mol. The Morgan fingerprint density at radius 1 is 1.11 bits per heavy atom. The molecule has 0 bridgehead atoms. The molecule has 1 heterocycles. The van der Waals surface area contributed by atoms with Crippen LogP contribution in [0.2, 0.25) is 15.1 Å². The first-order valence-electron chi connectivity index (χ1n) is 7.65. The quantitative estimate of drug-likeness (QED) is 0.390. The second-order valence-electron chi connectivity index (χ2n) is 5.66. The molecule has 10 heteroatoms. The topological polar surface area (TPSA) is 88.0 Å². The maximum Gasteiger partial charge on any atom is 0.368 e. The second kappa shape index (κ2) is 7.74. The van der Waals surface area contributed by atoms with Crippen molar-refractivity contribution in [3.05, 3.63) is 73.1 Å². The van der Waals surface area contributed by atoms with Gasteiger partial charge in [-0.25, -0.2) is 4.79 Å². The Kier molecular flexibility index (Phi) is 5.57. The molecule has 0 aliphatic carbocycles. The summed E-state index contributed by atoms with van der Waals surface area (Å²) in [5.74, 6) is 5.81. The number of rotatable bonds is 4. The minimum absolute atomic E-state index is 0.242. The Bertz CT molecular complexity index is 1080. The van der Waals surface area contributed by atoms with Crippen LogP contribution in [0.4, 0.5) is 0 Å². The van der Waals surface area contributed by atoms with Gasteiger partial charge in [-0.2, -0.15) is 15.3 Å². The first-order chi connectivity index (χ1) is 12.8. The molecule has 2 N–H and O–H groups in total. The predicted octanol–water partition coefficient (Wildman–Crippen LogP) is 3.70. The molecule has 0 atom stereocenters. The van der Waals surface area contributed by atoms with Crippen LogP contribution in [0.3, 0.4) is 0 Å². The van der Waals surface area contributed by atoms with E-state index in [-0.39, 0.29) is 5.76 Å². The Labute approximate surface area is 169 Å². The summed E-state index contributed by atoms with van der Waals surface area (Å²) < 4.78 is 2.21. The zero-order chi connectivity index (χ0) is 19.7. The van der Waals surface area contributed by atoms with Gasteiger partial charge in [0.1, 0.15) is 0 Å². The number of tetrazole rings is 1. The Balaban J connectivity index is 2.30. The lowest BCUT2D eigenvalue weighted by Crippen LogP contribution is -2.23. The zero-order valence-corrected chi connectivity index (χ0v) is 16.5. The summed E-state index contributed by atoms with van der Waals surface area (Å²) in [6.45, 7) is 1.77. The molecule has 0 saturated carbocycles. The van der Waals surface area contributed by atoms with Crippen LogP contribution >= 0.6 is 34.8 Å². The highest BCUT2D eigenvalue weighted by molar-refractivity contribution is 6.35. The van der Waals surface area contributed by atoms with E-state index in [1.807, 2.05) is 0 Å². The molecule has 0 fully saturated rings. The van der Waals surface area contributed by atoms with E-state index in [2.05, 4.69) is 10.4 Å². The number of hydrogen-bond acceptors (Lipinski definition) is 5. The van der Waals surface area contributed by atoms with E-state index >= 15 is 0 Å². The van der Waals surface area contributed by atoms with Crippen LogP contribution in [0, 0.1) is 0 Å². The minimum atomic E-state index is -0.446. The van der Waals surface area contributed by atoms with Gasteiger partial charge < -0.3 is 4.84 Å². The van der Waals surface area contributed by atoms with Gasteiger partial charge in [-0.05, 0) is 53.2 Å². The minimum Gasteiger partial charge on any atom is -0.410 e. The van der Waals surface area contributed by atoms with Crippen molar-refractivity contribution in [3.8, 4) is 5.69 Å². The monoisotopic (exact) mass is 425 g/mol. The summed E-state index contributed by atoms with van der Waals surface area (Å²) in [7, 11) is 1.49. The maximum atomic E-state index is 12.3. The van der Waals surface area contributed by atoms with Gasteiger partial charge in [0.15, 0.2) is 5.76 Å². The molecule has 7 nitrogen and oxygen atoms in total. The average Bonchev–Trinajstić information content (AvgIpc) is 2.95. The lowest BCUT2D eigenvalue weighted by atomic mass is 10.0. The van der Waals surface area contributed by atoms with Gasteiger partial charge in [-0.15, -0.1) is 0 Å². The molecule has 3 rings (SSSR count). The number of aryl methyl sites for hydroxylation is 1. The zero-order valence-electron chi connectivity index (χ0n) is 14.3. The molecular formula is C17H14Cl3N5O2. The molecule has 2 aromatic carbocycles. The van der Waals surface area contributed by atoms with Crippen molar-refractivity contribution < 1.29 is 4.84 Å². The van der Waals surface area contributed by atoms with Gasteiger partial charge in [0, 0.05) is 22.7 Å². The molecule has 3 aromatic rings. The predicted molar refractivity (Wildman–Crippen MR) is 106 cm³/mol. The van der Waals surface area contributed by atoms with Crippen molar-refractivity contribution in [2.45, 2.75) is 6.92 Å². The number of nitrogens with two attached hydrogens (primary N) is 1. The molecular weight excluding hydrogens is 413 g/mol. The van der Waals surface area contributed by atoms with E-state index in [4.69, 9.17) is 45.5 Å². The van der Waals surface area contributed by atoms with Crippen molar-refractivity contribution in [1.29, 1.82) is 0 Å². The number of benzene rings is 2. The summed E-state index contributed by atoms with van der Waals surface area (Å²) in [6.07, 6.45) is 0. The third-order valence-electron chi connectivity index (χ3n) is 3.92. The third-order valence-corrected chi connectivity index (χ3v) is 4.67. The first-order valence-corrected chi connectivity index (χ1v) is 8.79. The van der Waals surface area contributed by atoms with Gasteiger partial charge in [-0.3, -0.25) is 0 Å². The highest BCUT2D eigenvalue weighted by Gasteiger charge is 2.21. The highest BCUT2D eigenvalue weighted by atomic mass is 35.5. The number of aromatic nitrogens is 4. The van der Waals surface area contributed by atoms with Crippen LogP contribution in [-0.4, -0.2) is 19.8 Å². The van der Waals surface area contributed by atoms with E-state index in [1.54, 1.807) is 43.3 Å². The summed E-state index contributed by atoms with van der Waals surface area (Å²) in [5, 5.41) is 8.82. The Morgan fingerprint density at radius 3 is 2.33 bits per heavy atom. The van der Waals surface area contributed by atoms with Gasteiger partial charge in [-0.1, -0.05) is 40.9 Å². The normalized spacial score (nSPS) is 12.1. The van der Waals surface area contributed by atoms with Crippen molar-refractivity contribution in [2.75, 3.05) is 0 Å². The fourth-order valence-corrected chi connectivity index (χ4v) is 3.40. The third kappa shape index (κ3) is 3.72. The number of allylic oxidation sites excluding steroid dienone is 1. The summed E-state index contributed by atoms with van der Waals surface area (Å²) in [6, 6.07) is 10.0. The van der Waals surface area contributed by atoms with Gasteiger partial charge in [0.25, 0.3) is 0 Å². The van der Waals surface area contributed by atoms with E-state index < -0.39 is 5.69 Å². The number of halogens is 3. The van der Waals surface area contributed by atoms with Crippen molar-refractivity contribution in [1.82, 2.24) is 19.8 Å². The van der Waals surface area contributed by atoms with Crippen LogP contribution < -0.4 is 11.6 Å². The van der Waals surface area contributed by atoms with Crippen LogP contribution in [0.25, 0.3) is 17.0 Å². The molecule has 0 saturated heterocycles. The Morgan fingerprint density at radius 2 is 1.78 bits per heavy atom. The molecule has 0 radical (unpaired) electrons. The highest BCUT2D eigenvalue weighted by Crippen LogP contribution is 2.35. The van der Waals surface area contributed by atoms with Gasteiger partial charge in [0.2, 0.25) is 0 Å². The van der Waals surface area contributed by atoms with Crippen LogP contribution in [0.1, 0.15) is 18.1 Å². The van der Waals surface area contributed by atoms with Crippen LogP contribution in [0.5, 0.6) is 0 Å². The van der Waals surface area contributed by atoms with Crippen molar-refractivity contribution in [2.24, 2.45) is 12.9 Å². The van der Waals surface area contributed by atoms with Crippen LogP contribution in [0.15, 0.2) is 41.2 Å². The standard InChI is InChI=1S/C17H14Cl3N5O2/c1-9(10-6-11(18)8-12(19)7-10)16(27-21)15-13(20)4-3-5-14(15)25-17(26)24(2)22-23-25/h3-8H,21H2,1-2H3/b16-9+. The number of hydrogen-bond donors (Lipinski definition) is 1. The smallest absolute Gasteiger partial charge is 0.368 e. The summed E-state index contributed by atoms with van der Waals surface area (Å²) in [5.41, 5.74) is 1.61. The second-order valence-corrected chi connectivity index (χ2v) is 6.94. The van der Waals surface area contributed by atoms with E-state index in [1.165, 1.54) is 7.05 Å².